The van der Waals surface area contributed by atoms with Crippen molar-refractivity contribution in [3.63, 3.8) is 0 Å². The lowest BCUT2D eigenvalue weighted by Crippen LogP contribution is -2.07. The lowest BCUT2D eigenvalue weighted by Gasteiger charge is -1.97. The smallest absolute Gasteiger partial charge is 0.265 e. The molecule has 1 N–H and O–H groups in total. The van der Waals surface area contributed by atoms with Crippen LogP contribution in [-0.2, 0) is 0 Å². The zero-order valence-corrected chi connectivity index (χ0v) is 8.29. The monoisotopic (exact) mass is 212 g/mol. The molecule has 5 nitrogen and oxygen atoms in total. The number of H-pyrrole nitrogens is 1. The van der Waals surface area contributed by atoms with Crippen LogP contribution in [0.15, 0.2) is 47.5 Å². The number of para-hydroxylation sites is 1. The van der Waals surface area contributed by atoms with Crippen molar-refractivity contribution in [1.82, 2.24) is 20.0 Å². The van der Waals surface area contributed by atoms with Crippen molar-refractivity contribution in [2.75, 3.05) is 0 Å². The van der Waals surface area contributed by atoms with Gasteiger partial charge in [-0.1, -0.05) is 18.2 Å². The maximum Gasteiger partial charge on any atom is 0.292 e. The number of hydrogen-bond acceptors (Lipinski definition) is 3. The third-order valence-corrected chi connectivity index (χ3v) is 2.35. The van der Waals surface area contributed by atoms with Gasteiger partial charge in [0.15, 0.2) is 5.52 Å². The van der Waals surface area contributed by atoms with E-state index in [2.05, 4.69) is 15.3 Å². The summed E-state index contributed by atoms with van der Waals surface area (Å²) >= 11 is 0. The van der Waals surface area contributed by atoms with Gasteiger partial charge in [0.2, 0.25) is 0 Å². The van der Waals surface area contributed by atoms with Crippen LogP contribution in [0.25, 0.3) is 16.6 Å². The van der Waals surface area contributed by atoms with Gasteiger partial charge >= 0.3 is 0 Å². The first-order valence-corrected chi connectivity index (χ1v) is 4.83. The minimum Gasteiger partial charge on any atom is -0.265 e. The molecule has 0 aliphatic carbocycles. The van der Waals surface area contributed by atoms with E-state index in [0.29, 0.717) is 5.52 Å². The molecule has 3 rings (SSSR count). The van der Waals surface area contributed by atoms with E-state index in [1.54, 1.807) is 17.1 Å². The SMILES string of the molecule is O=c1[nH]ncc2cn(-c3ccccc3)nc12. The number of benzene rings is 1. The first-order chi connectivity index (χ1) is 7.84. The summed E-state index contributed by atoms with van der Waals surface area (Å²) in [6, 6.07) is 9.62. The van der Waals surface area contributed by atoms with Crippen LogP contribution in [0.4, 0.5) is 0 Å². The fraction of sp³-hybridized carbons (Fsp3) is 0. The Labute approximate surface area is 90.3 Å². The molecule has 16 heavy (non-hydrogen) atoms. The lowest BCUT2D eigenvalue weighted by atomic mass is 10.3. The molecular formula is C11H8N4O. The van der Waals surface area contributed by atoms with Crippen LogP contribution >= 0.6 is 0 Å². The summed E-state index contributed by atoms with van der Waals surface area (Å²) in [5.74, 6) is 0. The van der Waals surface area contributed by atoms with Crippen molar-refractivity contribution in [3.8, 4) is 5.69 Å². The molecule has 0 aliphatic rings. The van der Waals surface area contributed by atoms with Gasteiger partial charge in [-0.2, -0.15) is 10.2 Å². The fourth-order valence-electron chi connectivity index (χ4n) is 1.58. The Balaban J connectivity index is 2.28. The predicted octanol–water partition coefficient (Wildman–Crippen LogP) is 1.11. The first-order valence-electron chi connectivity index (χ1n) is 4.83. The summed E-state index contributed by atoms with van der Waals surface area (Å²) in [5.41, 5.74) is 1.05. The van der Waals surface area contributed by atoms with E-state index in [1.165, 1.54) is 0 Å². The molecule has 5 heteroatoms. The minimum absolute atomic E-state index is 0.271. The third-order valence-electron chi connectivity index (χ3n) is 2.35. The number of nitrogens with zero attached hydrogens (tertiary/aromatic N) is 3. The fourth-order valence-corrected chi connectivity index (χ4v) is 1.58. The summed E-state index contributed by atoms with van der Waals surface area (Å²) < 4.78 is 1.67. The van der Waals surface area contributed by atoms with E-state index < -0.39 is 0 Å². The molecule has 78 valence electrons. The van der Waals surface area contributed by atoms with Crippen molar-refractivity contribution < 1.29 is 0 Å². The van der Waals surface area contributed by atoms with Crippen LogP contribution < -0.4 is 5.56 Å². The molecule has 0 bridgehead atoms. The normalized spacial score (nSPS) is 10.8. The Morgan fingerprint density at radius 3 is 2.75 bits per heavy atom. The molecule has 0 radical (unpaired) electrons. The molecule has 0 saturated carbocycles. The molecule has 0 aliphatic heterocycles. The van der Waals surface area contributed by atoms with Crippen molar-refractivity contribution >= 4 is 10.9 Å². The molecule has 0 unspecified atom stereocenters. The Hall–Kier alpha value is -2.43. The second kappa shape index (κ2) is 3.30. The van der Waals surface area contributed by atoms with Gasteiger partial charge in [0, 0.05) is 11.6 Å². The number of aromatic amines is 1. The first kappa shape index (κ1) is 8.84. The van der Waals surface area contributed by atoms with E-state index in [0.717, 1.165) is 11.1 Å². The maximum atomic E-state index is 11.4. The summed E-state index contributed by atoms with van der Waals surface area (Å²) in [4.78, 5) is 11.4. The molecule has 0 spiro atoms. The highest BCUT2D eigenvalue weighted by Crippen LogP contribution is 2.10. The van der Waals surface area contributed by atoms with Crippen molar-refractivity contribution in [3.05, 3.63) is 53.1 Å². The zero-order chi connectivity index (χ0) is 11.0. The van der Waals surface area contributed by atoms with Gasteiger partial charge in [-0.25, -0.2) is 9.78 Å². The van der Waals surface area contributed by atoms with E-state index in [4.69, 9.17) is 0 Å². The Kier molecular flexibility index (Phi) is 1.83. The maximum absolute atomic E-state index is 11.4. The summed E-state index contributed by atoms with van der Waals surface area (Å²) in [6.45, 7) is 0. The molecule has 2 aromatic heterocycles. The summed E-state index contributed by atoms with van der Waals surface area (Å²) in [6.07, 6.45) is 3.37. The molecule has 0 amide bonds. The number of hydrogen-bond donors (Lipinski definition) is 1. The van der Waals surface area contributed by atoms with Crippen LogP contribution in [0.5, 0.6) is 0 Å². The molecule has 3 aromatic rings. The van der Waals surface area contributed by atoms with Gasteiger partial charge in [-0.3, -0.25) is 4.79 Å². The van der Waals surface area contributed by atoms with Crippen LogP contribution in [0.3, 0.4) is 0 Å². The molecule has 2 heterocycles. The predicted molar refractivity (Wildman–Crippen MR) is 59.5 cm³/mol. The standard InChI is InChI=1S/C11H8N4O/c16-11-10-8(6-12-13-11)7-15(14-10)9-4-2-1-3-5-9/h1-7H,(H,13,16). The second-order valence-corrected chi connectivity index (χ2v) is 3.41. The summed E-state index contributed by atoms with van der Waals surface area (Å²) in [5, 5.41) is 11.0. The summed E-state index contributed by atoms with van der Waals surface area (Å²) in [7, 11) is 0. The van der Waals surface area contributed by atoms with Crippen LogP contribution in [-0.4, -0.2) is 20.0 Å². The average Bonchev–Trinajstić information content (AvgIpc) is 2.76. The van der Waals surface area contributed by atoms with Crippen LogP contribution in [0, 0.1) is 0 Å². The molecule has 0 atom stereocenters. The Morgan fingerprint density at radius 1 is 1.19 bits per heavy atom. The number of aromatic nitrogens is 4. The van der Waals surface area contributed by atoms with Crippen molar-refractivity contribution in [1.29, 1.82) is 0 Å². The van der Waals surface area contributed by atoms with E-state index >= 15 is 0 Å². The van der Waals surface area contributed by atoms with Crippen molar-refractivity contribution in [2.45, 2.75) is 0 Å². The van der Waals surface area contributed by atoms with Gasteiger partial charge in [-0.15, -0.1) is 0 Å². The van der Waals surface area contributed by atoms with E-state index in [9.17, 15) is 4.79 Å². The highest BCUT2D eigenvalue weighted by molar-refractivity contribution is 5.76. The van der Waals surface area contributed by atoms with Crippen LogP contribution in [0.2, 0.25) is 0 Å². The van der Waals surface area contributed by atoms with Crippen LogP contribution in [0.1, 0.15) is 0 Å². The zero-order valence-electron chi connectivity index (χ0n) is 8.29. The Morgan fingerprint density at radius 2 is 2.00 bits per heavy atom. The highest BCUT2D eigenvalue weighted by Gasteiger charge is 2.05. The molecule has 1 aromatic carbocycles. The number of fused-ring (bicyclic) bond motifs is 1. The largest absolute Gasteiger partial charge is 0.292 e. The number of nitrogens with one attached hydrogen (secondary N) is 1. The molecular weight excluding hydrogens is 204 g/mol. The molecule has 0 fully saturated rings. The van der Waals surface area contributed by atoms with E-state index in [-0.39, 0.29) is 5.56 Å². The van der Waals surface area contributed by atoms with Gasteiger partial charge in [-0.05, 0) is 12.1 Å². The second-order valence-electron chi connectivity index (χ2n) is 3.41. The minimum atomic E-state index is -0.271. The highest BCUT2D eigenvalue weighted by atomic mass is 16.1. The van der Waals surface area contributed by atoms with Gasteiger partial charge in [0.1, 0.15) is 0 Å². The number of rotatable bonds is 1. The van der Waals surface area contributed by atoms with Gasteiger partial charge in [0.05, 0.1) is 11.9 Å². The van der Waals surface area contributed by atoms with Gasteiger partial charge < -0.3 is 0 Å². The topological polar surface area (TPSA) is 63.6 Å². The Bertz CT molecular complexity index is 684. The average molecular weight is 212 g/mol. The lowest BCUT2D eigenvalue weighted by molar-refractivity contribution is 0.891. The van der Waals surface area contributed by atoms with Crippen molar-refractivity contribution in [2.24, 2.45) is 0 Å². The van der Waals surface area contributed by atoms with E-state index in [1.807, 2.05) is 30.3 Å². The molecule has 0 saturated heterocycles. The quantitative estimate of drug-likeness (QED) is 0.657. The van der Waals surface area contributed by atoms with Gasteiger partial charge in [0.25, 0.3) is 5.56 Å². The third kappa shape index (κ3) is 1.30.